The molecule has 1 aromatic heterocycles. The van der Waals surface area contributed by atoms with Crippen LogP contribution in [0.4, 0.5) is 19.6 Å². The largest absolute Gasteiger partial charge is 0.309 e. The number of anilines is 2. The SMILES string of the molecule is CN(C)CCCN(C(=O)c1cccc(N2C(=O)CCC2=O)c1)c1nc2c(F)cc(F)cc2s1.Cl. The highest BCUT2D eigenvalue weighted by molar-refractivity contribution is 7.22. The molecular weight excluding hydrogens is 486 g/mol. The van der Waals surface area contributed by atoms with Crippen molar-refractivity contribution in [3.63, 3.8) is 0 Å². The van der Waals surface area contributed by atoms with E-state index in [9.17, 15) is 23.2 Å². The number of imide groups is 1. The predicted octanol–water partition coefficient (Wildman–Crippen LogP) is 4.25. The van der Waals surface area contributed by atoms with Crippen LogP contribution < -0.4 is 9.80 Å². The van der Waals surface area contributed by atoms with Crippen LogP contribution in [0.2, 0.25) is 0 Å². The average molecular weight is 509 g/mol. The maximum Gasteiger partial charge on any atom is 0.260 e. The number of benzene rings is 2. The van der Waals surface area contributed by atoms with Crippen LogP contribution in [-0.4, -0.2) is 54.8 Å². The molecule has 0 N–H and O–H groups in total. The van der Waals surface area contributed by atoms with Gasteiger partial charge >= 0.3 is 0 Å². The topological polar surface area (TPSA) is 73.8 Å². The Morgan fingerprint density at radius 1 is 1.09 bits per heavy atom. The zero-order valence-corrected chi connectivity index (χ0v) is 20.2. The van der Waals surface area contributed by atoms with Crippen molar-refractivity contribution in [1.29, 1.82) is 0 Å². The molecule has 180 valence electrons. The number of halogens is 3. The van der Waals surface area contributed by atoms with Crippen molar-refractivity contribution in [3.05, 3.63) is 53.6 Å². The molecule has 0 aliphatic carbocycles. The highest BCUT2D eigenvalue weighted by Gasteiger charge is 2.31. The fourth-order valence-electron chi connectivity index (χ4n) is 3.69. The number of hydrogen-bond donors (Lipinski definition) is 0. The van der Waals surface area contributed by atoms with Gasteiger partial charge in [-0.05, 0) is 51.3 Å². The van der Waals surface area contributed by atoms with Crippen LogP contribution in [0.3, 0.4) is 0 Å². The summed E-state index contributed by atoms with van der Waals surface area (Å²) in [6, 6.07) is 8.24. The molecule has 0 spiro atoms. The maximum absolute atomic E-state index is 14.2. The molecule has 0 bridgehead atoms. The molecule has 11 heteroatoms. The monoisotopic (exact) mass is 508 g/mol. The number of amides is 3. The second-order valence-corrected chi connectivity index (χ2v) is 9.03. The van der Waals surface area contributed by atoms with E-state index in [1.165, 1.54) is 17.0 Å². The smallest absolute Gasteiger partial charge is 0.260 e. The zero-order chi connectivity index (χ0) is 23.7. The Kier molecular flexibility index (Phi) is 7.96. The molecule has 2 aromatic carbocycles. The van der Waals surface area contributed by atoms with Crippen LogP contribution in [0.25, 0.3) is 10.2 Å². The minimum atomic E-state index is -0.791. The highest BCUT2D eigenvalue weighted by atomic mass is 35.5. The van der Waals surface area contributed by atoms with Gasteiger partial charge in [0.25, 0.3) is 5.91 Å². The Balaban J connectivity index is 0.00000324. The molecule has 1 aliphatic heterocycles. The first kappa shape index (κ1) is 25.7. The molecule has 34 heavy (non-hydrogen) atoms. The predicted molar refractivity (Wildman–Crippen MR) is 130 cm³/mol. The van der Waals surface area contributed by atoms with Gasteiger partial charge in [0.15, 0.2) is 10.9 Å². The first-order valence-corrected chi connectivity index (χ1v) is 11.2. The van der Waals surface area contributed by atoms with E-state index in [1.807, 2.05) is 19.0 Å². The molecule has 1 aliphatic rings. The summed E-state index contributed by atoms with van der Waals surface area (Å²) in [7, 11) is 3.82. The summed E-state index contributed by atoms with van der Waals surface area (Å²) in [6.45, 7) is 1.00. The number of aromatic nitrogens is 1. The van der Waals surface area contributed by atoms with Gasteiger partial charge in [0, 0.05) is 31.0 Å². The van der Waals surface area contributed by atoms with Crippen LogP contribution in [0, 0.1) is 11.6 Å². The third-order valence-corrected chi connectivity index (χ3v) is 6.29. The summed E-state index contributed by atoms with van der Waals surface area (Å²) < 4.78 is 28.2. The highest BCUT2D eigenvalue weighted by Crippen LogP contribution is 2.32. The van der Waals surface area contributed by atoms with Gasteiger partial charge in [-0.2, -0.15) is 0 Å². The van der Waals surface area contributed by atoms with Crippen molar-refractivity contribution < 1.29 is 23.2 Å². The van der Waals surface area contributed by atoms with Crippen LogP contribution in [-0.2, 0) is 9.59 Å². The number of nitrogens with zero attached hydrogens (tertiary/aromatic N) is 4. The van der Waals surface area contributed by atoms with Gasteiger partial charge in [0.05, 0.1) is 10.4 Å². The van der Waals surface area contributed by atoms with E-state index in [2.05, 4.69) is 4.98 Å². The van der Waals surface area contributed by atoms with Gasteiger partial charge in [0.2, 0.25) is 11.8 Å². The summed E-state index contributed by atoms with van der Waals surface area (Å²) in [6.07, 6.45) is 0.900. The zero-order valence-electron chi connectivity index (χ0n) is 18.6. The Hall–Kier alpha value is -2.95. The number of thiazole rings is 1. The first-order chi connectivity index (χ1) is 15.7. The Labute approximate surface area is 205 Å². The Morgan fingerprint density at radius 3 is 2.47 bits per heavy atom. The van der Waals surface area contributed by atoms with Crippen molar-refractivity contribution in [3.8, 4) is 0 Å². The fourth-order valence-corrected chi connectivity index (χ4v) is 4.72. The van der Waals surface area contributed by atoms with Gasteiger partial charge in [0.1, 0.15) is 11.3 Å². The van der Waals surface area contributed by atoms with Crippen LogP contribution in [0.5, 0.6) is 0 Å². The summed E-state index contributed by atoms with van der Waals surface area (Å²) >= 11 is 1.03. The van der Waals surface area contributed by atoms with Crippen molar-refractivity contribution in [2.24, 2.45) is 0 Å². The summed E-state index contributed by atoms with van der Waals surface area (Å²) in [5.74, 6) is -2.53. The molecule has 1 fully saturated rings. The van der Waals surface area contributed by atoms with Crippen molar-refractivity contribution in [2.45, 2.75) is 19.3 Å². The second kappa shape index (κ2) is 10.5. The Bertz CT molecular complexity index is 1230. The van der Waals surface area contributed by atoms with E-state index in [1.54, 1.807) is 18.2 Å². The van der Waals surface area contributed by atoms with E-state index in [0.29, 0.717) is 29.9 Å². The molecule has 2 heterocycles. The third kappa shape index (κ3) is 5.24. The van der Waals surface area contributed by atoms with Gasteiger partial charge in [-0.25, -0.2) is 13.8 Å². The van der Waals surface area contributed by atoms with E-state index in [-0.39, 0.29) is 53.3 Å². The van der Waals surface area contributed by atoms with Gasteiger partial charge in [-0.15, -0.1) is 12.4 Å². The lowest BCUT2D eigenvalue weighted by Crippen LogP contribution is -2.34. The second-order valence-electron chi connectivity index (χ2n) is 8.02. The molecule has 7 nitrogen and oxygen atoms in total. The van der Waals surface area contributed by atoms with Crippen LogP contribution >= 0.6 is 23.7 Å². The lowest BCUT2D eigenvalue weighted by atomic mass is 10.1. The normalized spacial score (nSPS) is 13.6. The van der Waals surface area contributed by atoms with E-state index in [0.717, 1.165) is 22.3 Å². The molecule has 0 saturated carbocycles. The number of carbonyl (C=O) groups is 3. The minimum Gasteiger partial charge on any atom is -0.309 e. The quantitative estimate of drug-likeness (QED) is 0.446. The van der Waals surface area contributed by atoms with Gasteiger partial charge in [-0.3, -0.25) is 24.2 Å². The number of hydrogen-bond acceptors (Lipinski definition) is 6. The fraction of sp³-hybridized carbons (Fsp3) is 0.304. The summed E-state index contributed by atoms with van der Waals surface area (Å²) in [5, 5.41) is 0.247. The van der Waals surface area contributed by atoms with Crippen molar-refractivity contribution in [1.82, 2.24) is 9.88 Å². The molecule has 0 radical (unpaired) electrons. The first-order valence-electron chi connectivity index (χ1n) is 10.4. The third-order valence-electron chi connectivity index (χ3n) is 5.27. The van der Waals surface area contributed by atoms with Crippen molar-refractivity contribution >= 4 is 62.5 Å². The van der Waals surface area contributed by atoms with Crippen LogP contribution in [0.15, 0.2) is 36.4 Å². The van der Waals surface area contributed by atoms with Gasteiger partial charge < -0.3 is 4.90 Å². The summed E-state index contributed by atoms with van der Waals surface area (Å²) in [4.78, 5) is 46.5. The molecule has 0 atom stereocenters. The molecule has 0 unspecified atom stereocenters. The standard InChI is InChI=1S/C23H22F2N4O3S.ClH/c1-27(2)9-4-10-28(23-26-21-17(25)12-15(24)13-18(21)33-23)22(32)14-5-3-6-16(11-14)29-19(30)7-8-20(29)31;/h3,5-6,11-13H,4,7-10H2,1-2H3;1H. The van der Waals surface area contributed by atoms with E-state index < -0.39 is 17.5 Å². The van der Waals surface area contributed by atoms with Gasteiger partial charge in [-0.1, -0.05) is 17.4 Å². The summed E-state index contributed by atoms with van der Waals surface area (Å²) in [5.41, 5.74) is 0.596. The molecule has 3 amide bonds. The maximum atomic E-state index is 14.2. The molecule has 4 rings (SSSR count). The lowest BCUT2D eigenvalue weighted by Gasteiger charge is -2.22. The number of fused-ring (bicyclic) bond motifs is 1. The van der Waals surface area contributed by atoms with E-state index >= 15 is 0 Å². The Morgan fingerprint density at radius 2 is 1.79 bits per heavy atom. The van der Waals surface area contributed by atoms with E-state index in [4.69, 9.17) is 0 Å². The minimum absolute atomic E-state index is 0. The molecule has 3 aromatic rings. The molecule has 1 saturated heterocycles. The average Bonchev–Trinajstić information content (AvgIpc) is 3.33. The number of rotatable bonds is 7. The van der Waals surface area contributed by atoms with Crippen molar-refractivity contribution in [2.75, 3.05) is 37.0 Å². The molecular formula is C23H23ClF2N4O3S. The lowest BCUT2D eigenvalue weighted by molar-refractivity contribution is -0.121. The number of carbonyl (C=O) groups excluding carboxylic acids is 3. The van der Waals surface area contributed by atoms with Crippen LogP contribution in [0.1, 0.15) is 29.6 Å².